The van der Waals surface area contributed by atoms with Gasteiger partial charge in [-0.05, 0) is 62.5 Å². The number of benzene rings is 2. The Morgan fingerprint density at radius 2 is 1.89 bits per heavy atom. The number of anilines is 1. The van der Waals surface area contributed by atoms with Crippen LogP contribution < -0.4 is 10.1 Å². The van der Waals surface area contributed by atoms with Crippen molar-refractivity contribution in [2.45, 2.75) is 18.2 Å². The van der Waals surface area contributed by atoms with Gasteiger partial charge in [0.25, 0.3) is 10.0 Å². The molecule has 0 aliphatic rings. The van der Waals surface area contributed by atoms with Crippen LogP contribution in [0.25, 0.3) is 10.9 Å². The maximum absolute atomic E-state index is 13.3. The standard InChI is InChI=1S/C21H27N3O3S/c1-5-16-6-8-19(15-20(16)22-11-13-23(2)3)28(25,26)24-12-10-17-14-18(27-4)7-9-21(17)24/h6-10,12,14-15,22H,5,11,13H2,1-4H3. The van der Waals surface area contributed by atoms with Crippen molar-refractivity contribution in [1.82, 2.24) is 8.87 Å². The Hall–Kier alpha value is -2.51. The summed E-state index contributed by atoms with van der Waals surface area (Å²) in [4.78, 5) is 2.35. The molecule has 0 saturated heterocycles. The molecule has 0 radical (unpaired) electrons. The minimum atomic E-state index is -3.71. The summed E-state index contributed by atoms with van der Waals surface area (Å²) in [6.45, 7) is 3.67. The molecule has 3 rings (SSSR count). The average Bonchev–Trinajstić information content (AvgIpc) is 3.11. The third-order valence-electron chi connectivity index (χ3n) is 4.76. The molecule has 0 aliphatic heterocycles. The molecule has 0 unspecified atom stereocenters. The van der Waals surface area contributed by atoms with E-state index in [-0.39, 0.29) is 4.90 Å². The van der Waals surface area contributed by atoms with E-state index in [1.54, 1.807) is 43.6 Å². The maximum Gasteiger partial charge on any atom is 0.268 e. The van der Waals surface area contributed by atoms with Crippen molar-refractivity contribution < 1.29 is 13.2 Å². The van der Waals surface area contributed by atoms with Gasteiger partial charge in [-0.1, -0.05) is 13.0 Å². The van der Waals surface area contributed by atoms with Gasteiger partial charge in [-0.25, -0.2) is 12.4 Å². The smallest absolute Gasteiger partial charge is 0.268 e. The van der Waals surface area contributed by atoms with Crippen LogP contribution in [0.3, 0.4) is 0 Å². The lowest BCUT2D eigenvalue weighted by molar-refractivity contribution is 0.415. The molecule has 1 N–H and O–H groups in total. The molecule has 1 aromatic heterocycles. The van der Waals surface area contributed by atoms with Gasteiger partial charge in [0.05, 0.1) is 17.5 Å². The van der Waals surface area contributed by atoms with E-state index in [9.17, 15) is 8.42 Å². The highest BCUT2D eigenvalue weighted by Crippen LogP contribution is 2.28. The first-order valence-corrected chi connectivity index (χ1v) is 10.7. The lowest BCUT2D eigenvalue weighted by atomic mass is 10.1. The minimum absolute atomic E-state index is 0.269. The highest BCUT2D eigenvalue weighted by Gasteiger charge is 2.20. The number of ether oxygens (including phenoxy) is 1. The summed E-state index contributed by atoms with van der Waals surface area (Å²) in [6.07, 6.45) is 2.42. The third kappa shape index (κ3) is 4.00. The normalized spacial score (nSPS) is 11.9. The predicted octanol–water partition coefficient (Wildman–Crippen LogP) is 3.42. The van der Waals surface area contributed by atoms with E-state index in [1.807, 2.05) is 26.2 Å². The largest absolute Gasteiger partial charge is 0.497 e. The van der Waals surface area contributed by atoms with Crippen LogP contribution in [0.1, 0.15) is 12.5 Å². The number of fused-ring (bicyclic) bond motifs is 1. The first kappa shape index (κ1) is 20.2. The van der Waals surface area contributed by atoms with E-state index in [0.29, 0.717) is 11.3 Å². The van der Waals surface area contributed by atoms with Crippen LogP contribution >= 0.6 is 0 Å². The number of likely N-dealkylation sites (N-methyl/N-ethyl adjacent to an activating group) is 1. The summed E-state index contributed by atoms with van der Waals surface area (Å²) in [7, 11) is 1.91. The van der Waals surface area contributed by atoms with Gasteiger partial charge in [0.15, 0.2) is 0 Å². The molecule has 150 valence electrons. The quantitative estimate of drug-likeness (QED) is 0.627. The Kier molecular flexibility index (Phi) is 5.96. The fraction of sp³-hybridized carbons (Fsp3) is 0.333. The number of rotatable bonds is 8. The topological polar surface area (TPSA) is 63.6 Å². The molecule has 0 spiro atoms. The maximum atomic E-state index is 13.3. The van der Waals surface area contributed by atoms with Gasteiger partial charge in [0.1, 0.15) is 5.75 Å². The van der Waals surface area contributed by atoms with E-state index in [0.717, 1.165) is 36.1 Å². The van der Waals surface area contributed by atoms with Gasteiger partial charge < -0.3 is 15.0 Å². The van der Waals surface area contributed by atoms with Crippen LogP contribution in [0.2, 0.25) is 0 Å². The van der Waals surface area contributed by atoms with Crippen molar-refractivity contribution in [3.63, 3.8) is 0 Å². The zero-order chi connectivity index (χ0) is 20.3. The zero-order valence-electron chi connectivity index (χ0n) is 16.8. The van der Waals surface area contributed by atoms with Crippen LogP contribution in [-0.4, -0.2) is 51.6 Å². The predicted molar refractivity (Wildman–Crippen MR) is 114 cm³/mol. The number of nitrogens with zero attached hydrogens (tertiary/aromatic N) is 2. The highest BCUT2D eigenvalue weighted by atomic mass is 32.2. The van der Waals surface area contributed by atoms with E-state index < -0.39 is 10.0 Å². The molecule has 2 aromatic carbocycles. The van der Waals surface area contributed by atoms with Gasteiger partial charge in [0, 0.05) is 30.4 Å². The second kappa shape index (κ2) is 8.24. The number of aromatic nitrogens is 1. The summed E-state index contributed by atoms with van der Waals surface area (Å²) >= 11 is 0. The third-order valence-corrected chi connectivity index (χ3v) is 6.44. The van der Waals surface area contributed by atoms with E-state index in [1.165, 1.54) is 3.97 Å². The van der Waals surface area contributed by atoms with Crippen molar-refractivity contribution in [1.29, 1.82) is 0 Å². The Morgan fingerprint density at radius 3 is 2.57 bits per heavy atom. The monoisotopic (exact) mass is 401 g/mol. The summed E-state index contributed by atoms with van der Waals surface area (Å²) in [6, 6.07) is 12.5. The van der Waals surface area contributed by atoms with Crippen molar-refractivity contribution in [2.24, 2.45) is 0 Å². The first-order valence-electron chi connectivity index (χ1n) is 9.29. The molecule has 0 atom stereocenters. The molecule has 3 aromatic rings. The van der Waals surface area contributed by atoms with Gasteiger partial charge in [0.2, 0.25) is 0 Å². The van der Waals surface area contributed by atoms with Gasteiger partial charge in [-0.2, -0.15) is 0 Å². The SMILES string of the molecule is CCc1ccc(S(=O)(=O)n2ccc3cc(OC)ccc32)cc1NCCN(C)C. The molecule has 1 heterocycles. The summed E-state index contributed by atoms with van der Waals surface area (Å²) < 4.78 is 33.1. The molecular formula is C21H27N3O3S. The van der Waals surface area contributed by atoms with Crippen LogP contribution in [-0.2, 0) is 16.4 Å². The molecule has 0 bridgehead atoms. The van der Waals surface area contributed by atoms with Gasteiger partial charge >= 0.3 is 0 Å². The second-order valence-electron chi connectivity index (χ2n) is 6.94. The fourth-order valence-corrected chi connectivity index (χ4v) is 4.53. The van der Waals surface area contributed by atoms with Crippen LogP contribution in [0.15, 0.2) is 53.6 Å². The molecule has 7 heteroatoms. The minimum Gasteiger partial charge on any atom is -0.497 e. The first-order chi connectivity index (χ1) is 13.4. The molecule has 0 aliphatic carbocycles. The number of aryl methyl sites for hydroxylation is 1. The lowest BCUT2D eigenvalue weighted by Gasteiger charge is -2.16. The van der Waals surface area contributed by atoms with Crippen molar-refractivity contribution >= 4 is 26.6 Å². The Morgan fingerprint density at radius 1 is 1.11 bits per heavy atom. The van der Waals surface area contributed by atoms with E-state index in [2.05, 4.69) is 17.1 Å². The van der Waals surface area contributed by atoms with Crippen molar-refractivity contribution in [3.8, 4) is 5.75 Å². The number of methoxy groups -OCH3 is 1. The second-order valence-corrected chi connectivity index (χ2v) is 8.76. The highest BCUT2D eigenvalue weighted by molar-refractivity contribution is 7.90. The van der Waals surface area contributed by atoms with Crippen LogP contribution in [0.5, 0.6) is 5.75 Å². The Labute approximate surface area is 166 Å². The van der Waals surface area contributed by atoms with E-state index >= 15 is 0 Å². The number of hydrogen-bond donors (Lipinski definition) is 1. The molecule has 0 amide bonds. The zero-order valence-corrected chi connectivity index (χ0v) is 17.6. The molecule has 0 fully saturated rings. The summed E-state index contributed by atoms with van der Waals surface area (Å²) in [5.41, 5.74) is 2.59. The fourth-order valence-electron chi connectivity index (χ4n) is 3.15. The van der Waals surface area contributed by atoms with Crippen LogP contribution in [0, 0.1) is 0 Å². The lowest BCUT2D eigenvalue weighted by Crippen LogP contribution is -2.21. The summed E-state index contributed by atoms with van der Waals surface area (Å²) in [5.74, 6) is 0.697. The van der Waals surface area contributed by atoms with Crippen molar-refractivity contribution in [3.05, 3.63) is 54.2 Å². The Balaban J connectivity index is 1.99. The molecular weight excluding hydrogens is 374 g/mol. The van der Waals surface area contributed by atoms with Gasteiger partial charge in [-0.15, -0.1) is 0 Å². The average molecular weight is 402 g/mol. The summed E-state index contributed by atoms with van der Waals surface area (Å²) in [5, 5.41) is 4.19. The number of nitrogens with one attached hydrogen (secondary N) is 1. The van der Waals surface area contributed by atoms with E-state index in [4.69, 9.17) is 4.74 Å². The van der Waals surface area contributed by atoms with Crippen molar-refractivity contribution in [2.75, 3.05) is 39.6 Å². The van der Waals surface area contributed by atoms with Gasteiger partial charge in [-0.3, -0.25) is 0 Å². The molecule has 28 heavy (non-hydrogen) atoms. The Bertz CT molecular complexity index is 1070. The molecule has 0 saturated carbocycles. The molecule has 6 nitrogen and oxygen atoms in total. The van der Waals surface area contributed by atoms with Crippen LogP contribution in [0.4, 0.5) is 5.69 Å². The number of hydrogen-bond acceptors (Lipinski definition) is 5.